The highest BCUT2D eigenvalue weighted by atomic mass is 32.1. The monoisotopic (exact) mass is 386 g/mol. The van der Waals surface area contributed by atoms with Gasteiger partial charge < -0.3 is 31.8 Å². The number of rotatable bonds is 10. The molecule has 1 rings (SSSR count). The molecule has 1 aromatic heterocycles. The van der Waals surface area contributed by atoms with E-state index in [0.29, 0.717) is 5.69 Å². The number of nitrogens with two attached hydrogens (primary N) is 1. The summed E-state index contributed by atoms with van der Waals surface area (Å²) in [5.74, 6) is -3.08. The second kappa shape index (κ2) is 10.4. The van der Waals surface area contributed by atoms with Crippen LogP contribution in [0.15, 0.2) is 12.5 Å². The minimum Gasteiger partial charge on any atom is -0.480 e. The maximum absolute atomic E-state index is 12.2. The first-order valence-corrected chi connectivity index (χ1v) is 8.32. The number of hydrogen-bond donors (Lipinski definition) is 7. The highest BCUT2D eigenvalue weighted by Crippen LogP contribution is 2.00. The molecule has 3 atom stereocenters. The lowest BCUT2D eigenvalue weighted by Crippen LogP contribution is -2.56. The van der Waals surface area contributed by atoms with Crippen LogP contribution in [0.25, 0.3) is 0 Å². The fourth-order valence-corrected chi connectivity index (χ4v) is 2.20. The third-order valence-corrected chi connectivity index (χ3v) is 3.73. The van der Waals surface area contributed by atoms with Crippen molar-refractivity contribution < 1.29 is 24.3 Å². The lowest BCUT2D eigenvalue weighted by Gasteiger charge is -2.21. The maximum Gasteiger partial charge on any atom is 0.326 e. The van der Waals surface area contributed by atoms with Gasteiger partial charge in [0, 0.05) is 24.1 Å². The molecule has 0 saturated heterocycles. The number of aromatic amines is 1. The Morgan fingerprint density at radius 2 is 1.92 bits per heavy atom. The Hall–Kier alpha value is -2.60. The van der Waals surface area contributed by atoms with Crippen molar-refractivity contribution in [3.63, 3.8) is 0 Å². The van der Waals surface area contributed by atoms with Gasteiger partial charge in [-0.3, -0.25) is 14.4 Å². The zero-order chi connectivity index (χ0) is 19.7. The number of thiol groups is 1. The summed E-state index contributed by atoms with van der Waals surface area (Å²) >= 11 is 3.97. The zero-order valence-electron chi connectivity index (χ0n) is 14.1. The molecule has 0 aromatic carbocycles. The summed E-state index contributed by atoms with van der Waals surface area (Å²) < 4.78 is 0. The fourth-order valence-electron chi connectivity index (χ4n) is 1.94. The van der Waals surface area contributed by atoms with Crippen molar-refractivity contribution in [1.29, 1.82) is 0 Å². The fraction of sp³-hybridized carbons (Fsp3) is 0.500. The van der Waals surface area contributed by atoms with Crippen LogP contribution in [0, 0.1) is 0 Å². The molecule has 26 heavy (non-hydrogen) atoms. The number of carbonyl (C=O) groups excluding carboxylic acids is 3. The van der Waals surface area contributed by atoms with E-state index >= 15 is 0 Å². The van der Waals surface area contributed by atoms with Crippen LogP contribution in [0.4, 0.5) is 0 Å². The number of amides is 3. The van der Waals surface area contributed by atoms with Gasteiger partial charge in [-0.25, -0.2) is 9.78 Å². The number of carboxylic acid groups (broad SMARTS) is 1. The van der Waals surface area contributed by atoms with Crippen LogP contribution in [0.3, 0.4) is 0 Å². The van der Waals surface area contributed by atoms with Gasteiger partial charge in [0.05, 0.1) is 12.9 Å². The Kier molecular flexibility index (Phi) is 8.58. The van der Waals surface area contributed by atoms with Crippen molar-refractivity contribution in [2.75, 3.05) is 12.3 Å². The number of hydrogen-bond acceptors (Lipinski definition) is 7. The van der Waals surface area contributed by atoms with E-state index in [9.17, 15) is 24.3 Å². The van der Waals surface area contributed by atoms with E-state index in [0.717, 1.165) is 0 Å². The molecule has 1 heterocycles. The van der Waals surface area contributed by atoms with Crippen molar-refractivity contribution in [2.45, 2.75) is 31.5 Å². The number of carboxylic acids is 1. The van der Waals surface area contributed by atoms with Crippen LogP contribution in [-0.4, -0.2) is 69.2 Å². The molecule has 12 heteroatoms. The average molecular weight is 386 g/mol. The van der Waals surface area contributed by atoms with Gasteiger partial charge in [-0.1, -0.05) is 0 Å². The first-order chi connectivity index (χ1) is 12.3. The predicted octanol–water partition coefficient (Wildman–Crippen LogP) is -2.60. The first kappa shape index (κ1) is 21.4. The number of nitrogens with one attached hydrogen (secondary N) is 4. The van der Waals surface area contributed by atoms with Crippen molar-refractivity contribution >= 4 is 36.3 Å². The summed E-state index contributed by atoms with van der Waals surface area (Å²) in [6.45, 7) is 1.10. The average Bonchev–Trinajstić information content (AvgIpc) is 3.11. The van der Waals surface area contributed by atoms with Crippen LogP contribution >= 0.6 is 12.6 Å². The molecule has 0 fully saturated rings. The van der Waals surface area contributed by atoms with E-state index in [1.165, 1.54) is 19.4 Å². The molecule has 0 saturated carbocycles. The number of nitrogens with zero attached hydrogens (tertiary/aromatic N) is 1. The van der Waals surface area contributed by atoms with Crippen molar-refractivity contribution in [3.8, 4) is 0 Å². The lowest BCUT2D eigenvalue weighted by atomic mass is 10.1. The van der Waals surface area contributed by atoms with E-state index in [1.807, 2.05) is 0 Å². The highest BCUT2D eigenvalue weighted by molar-refractivity contribution is 7.80. The minimum absolute atomic E-state index is 0.00346. The summed E-state index contributed by atoms with van der Waals surface area (Å²) in [5, 5.41) is 16.3. The Balaban J connectivity index is 2.62. The van der Waals surface area contributed by atoms with Gasteiger partial charge in [-0.2, -0.15) is 12.6 Å². The Labute approximate surface area is 154 Å². The van der Waals surface area contributed by atoms with Gasteiger partial charge in [0.15, 0.2) is 0 Å². The third-order valence-electron chi connectivity index (χ3n) is 3.37. The standard InChI is InChI=1S/C14H22N6O5S/c1-7(18-13(23)10(5-26)19-11(21)3-15)12(22)20-9(14(24)25)2-8-4-16-6-17-8/h4,6-7,9-10,26H,2-3,5,15H2,1H3,(H,16,17)(H,18,23)(H,19,21)(H,20,22)(H,24,25). The molecule has 1 aromatic rings. The summed E-state index contributed by atoms with van der Waals surface area (Å²) in [4.78, 5) is 53.4. The van der Waals surface area contributed by atoms with Gasteiger partial charge in [-0.05, 0) is 6.92 Å². The van der Waals surface area contributed by atoms with Gasteiger partial charge in [-0.15, -0.1) is 0 Å². The molecule has 11 nitrogen and oxygen atoms in total. The van der Waals surface area contributed by atoms with Crippen LogP contribution in [0.1, 0.15) is 12.6 Å². The van der Waals surface area contributed by atoms with E-state index in [4.69, 9.17) is 5.73 Å². The van der Waals surface area contributed by atoms with Crippen LogP contribution in [-0.2, 0) is 25.6 Å². The van der Waals surface area contributed by atoms with E-state index < -0.39 is 41.8 Å². The summed E-state index contributed by atoms with van der Waals surface area (Å²) in [5.41, 5.74) is 5.70. The molecule has 0 radical (unpaired) electrons. The summed E-state index contributed by atoms with van der Waals surface area (Å²) in [6, 6.07) is -3.19. The topological polar surface area (TPSA) is 179 Å². The Bertz CT molecular complexity index is 638. The molecule has 0 bridgehead atoms. The lowest BCUT2D eigenvalue weighted by molar-refractivity contribution is -0.142. The second-order valence-corrected chi connectivity index (χ2v) is 5.78. The molecule has 3 unspecified atom stereocenters. The number of aliphatic carboxylic acids is 1. The smallest absolute Gasteiger partial charge is 0.326 e. The van der Waals surface area contributed by atoms with Gasteiger partial charge >= 0.3 is 5.97 Å². The molecule has 0 aliphatic carbocycles. The number of aromatic nitrogens is 2. The largest absolute Gasteiger partial charge is 0.480 e. The Morgan fingerprint density at radius 1 is 1.23 bits per heavy atom. The molecular formula is C14H22N6O5S. The molecular weight excluding hydrogens is 364 g/mol. The molecule has 0 aliphatic heterocycles. The quantitative estimate of drug-likeness (QED) is 0.215. The third kappa shape index (κ3) is 6.72. The van der Waals surface area contributed by atoms with Crippen LogP contribution in [0.5, 0.6) is 0 Å². The molecule has 0 aliphatic rings. The second-order valence-electron chi connectivity index (χ2n) is 5.42. The summed E-state index contributed by atoms with van der Waals surface area (Å²) in [6.07, 6.45) is 2.85. The van der Waals surface area contributed by atoms with Crippen molar-refractivity contribution in [1.82, 2.24) is 25.9 Å². The van der Waals surface area contributed by atoms with Crippen molar-refractivity contribution in [3.05, 3.63) is 18.2 Å². The number of carbonyl (C=O) groups is 4. The molecule has 144 valence electrons. The van der Waals surface area contributed by atoms with Gasteiger partial charge in [0.2, 0.25) is 17.7 Å². The maximum atomic E-state index is 12.2. The van der Waals surface area contributed by atoms with Crippen LogP contribution in [0.2, 0.25) is 0 Å². The van der Waals surface area contributed by atoms with Crippen molar-refractivity contribution in [2.24, 2.45) is 5.73 Å². The zero-order valence-corrected chi connectivity index (χ0v) is 15.0. The van der Waals surface area contributed by atoms with Gasteiger partial charge in [0.1, 0.15) is 18.1 Å². The molecule has 3 amide bonds. The normalized spacial score (nSPS) is 14.0. The number of imidazole rings is 1. The van der Waals surface area contributed by atoms with E-state index in [-0.39, 0.29) is 18.7 Å². The predicted molar refractivity (Wildman–Crippen MR) is 94.3 cm³/mol. The molecule has 7 N–H and O–H groups in total. The first-order valence-electron chi connectivity index (χ1n) is 7.69. The Morgan fingerprint density at radius 3 is 2.42 bits per heavy atom. The van der Waals surface area contributed by atoms with E-state index in [1.54, 1.807) is 0 Å². The van der Waals surface area contributed by atoms with Crippen LogP contribution < -0.4 is 21.7 Å². The van der Waals surface area contributed by atoms with E-state index in [2.05, 4.69) is 38.5 Å². The van der Waals surface area contributed by atoms with Gasteiger partial charge in [0.25, 0.3) is 0 Å². The molecule has 0 spiro atoms. The number of H-pyrrole nitrogens is 1. The minimum atomic E-state index is -1.23. The highest BCUT2D eigenvalue weighted by Gasteiger charge is 2.26. The summed E-state index contributed by atoms with van der Waals surface area (Å²) in [7, 11) is 0. The SMILES string of the molecule is CC(NC(=O)C(CS)NC(=O)CN)C(=O)NC(Cc1cnc[nH]1)C(=O)O.